The number of fused-ring (bicyclic) bond motifs is 1. The molecule has 2 spiro atoms. The Morgan fingerprint density at radius 2 is 1.54 bits per heavy atom. The Bertz CT molecular complexity index is 1430. The van der Waals surface area contributed by atoms with Gasteiger partial charge in [0, 0.05) is 48.3 Å². The highest BCUT2D eigenvalue weighted by molar-refractivity contribution is 5.97. The van der Waals surface area contributed by atoms with Crippen molar-refractivity contribution >= 4 is 23.6 Å². The minimum atomic E-state index is -0.827. The standard InChI is InChI=1S/C42H68N6O4/c1-10-15-31(26(2)35(49)44-30-18-19-30)45-36(50)32-22-42(40(7,8)41(42)20-14-21-41)25-48(32)38(52)34(39(4,5)6)46-37(51)33(28-16-12-11-13-17-28)43-27(3)29-23-47(9)24-29/h28-34,43H,2-3,10-25H2,1,4-9H3,(H,44,49)(H,45,50)(H,46,51)/t31-,32-,33-,34+,42+/m0/s1. The maximum atomic E-state index is 15.1. The van der Waals surface area contributed by atoms with Crippen molar-refractivity contribution < 1.29 is 19.2 Å². The van der Waals surface area contributed by atoms with E-state index < -0.39 is 29.6 Å². The molecule has 290 valence electrons. The second kappa shape index (κ2) is 14.4. The third-order valence-corrected chi connectivity index (χ3v) is 14.6. The third kappa shape index (κ3) is 6.95. The SMILES string of the molecule is C=C(N[C@H](C(=O)N[C@H](C(=O)N1C[C@]2(C[C@H]1C(=O)N[C@@H](CCC)C(=C)C(=O)NC1CC1)C(C)(C)C21CCC1)C(C)(C)C)C1CCCCC1)C1CN(C)C1. The van der Waals surface area contributed by atoms with Crippen LogP contribution in [0.15, 0.2) is 24.4 Å². The summed E-state index contributed by atoms with van der Waals surface area (Å²) < 4.78 is 0. The van der Waals surface area contributed by atoms with Crippen molar-refractivity contribution in [3.63, 3.8) is 0 Å². The predicted molar refractivity (Wildman–Crippen MR) is 205 cm³/mol. The van der Waals surface area contributed by atoms with Gasteiger partial charge in [0.15, 0.2) is 0 Å². The summed E-state index contributed by atoms with van der Waals surface area (Å²) in [6.07, 6.45) is 12.6. The smallest absolute Gasteiger partial charge is 0.248 e. The van der Waals surface area contributed by atoms with Crippen LogP contribution in [0.4, 0.5) is 0 Å². The Hall–Kier alpha value is -2.88. The lowest BCUT2D eigenvalue weighted by molar-refractivity contribution is -0.144. The van der Waals surface area contributed by atoms with Gasteiger partial charge in [0.2, 0.25) is 23.6 Å². The monoisotopic (exact) mass is 721 g/mol. The molecule has 10 nitrogen and oxygen atoms in total. The molecule has 10 heteroatoms. The number of nitrogens with zero attached hydrogens (tertiary/aromatic N) is 2. The molecule has 4 N–H and O–H groups in total. The fourth-order valence-electron chi connectivity index (χ4n) is 10.8. The molecule has 4 amide bonds. The molecule has 4 saturated carbocycles. The highest BCUT2D eigenvalue weighted by Gasteiger charge is 2.85. The summed E-state index contributed by atoms with van der Waals surface area (Å²) in [7, 11) is 2.09. The van der Waals surface area contributed by atoms with E-state index in [1.165, 1.54) is 12.8 Å². The van der Waals surface area contributed by atoms with E-state index in [1.54, 1.807) is 0 Å². The number of rotatable bonds is 14. The van der Waals surface area contributed by atoms with Crippen molar-refractivity contribution in [2.45, 2.75) is 155 Å². The summed E-state index contributed by atoms with van der Waals surface area (Å²) in [5.74, 6) is -0.335. The van der Waals surface area contributed by atoms with Crippen molar-refractivity contribution in [3.8, 4) is 0 Å². The molecule has 6 fully saturated rings. The first-order valence-electron chi connectivity index (χ1n) is 20.5. The molecule has 0 radical (unpaired) electrons. The Balaban J connectivity index is 1.25. The van der Waals surface area contributed by atoms with Gasteiger partial charge in [0.25, 0.3) is 0 Å². The summed E-state index contributed by atoms with van der Waals surface area (Å²) in [6, 6.07) is -2.32. The van der Waals surface area contributed by atoms with Gasteiger partial charge in [-0.3, -0.25) is 19.2 Å². The van der Waals surface area contributed by atoms with Gasteiger partial charge in [0.05, 0.1) is 6.04 Å². The van der Waals surface area contributed by atoms with E-state index in [9.17, 15) is 14.4 Å². The zero-order valence-electron chi connectivity index (χ0n) is 33.3. The number of carbonyl (C=O) groups is 4. The minimum absolute atomic E-state index is 0.00515. The van der Waals surface area contributed by atoms with E-state index in [4.69, 9.17) is 0 Å². The molecule has 4 aliphatic carbocycles. The molecule has 2 aliphatic heterocycles. The van der Waals surface area contributed by atoms with Crippen molar-refractivity contribution in [2.24, 2.45) is 33.5 Å². The summed E-state index contributed by atoms with van der Waals surface area (Å²) in [5, 5.41) is 13.1. The Morgan fingerprint density at radius 3 is 2.06 bits per heavy atom. The van der Waals surface area contributed by atoms with Crippen molar-refractivity contribution in [1.29, 1.82) is 0 Å². The summed E-state index contributed by atoms with van der Waals surface area (Å²) in [5.41, 5.74) is 0.609. The number of carbonyl (C=O) groups excluding carboxylic acids is 4. The topological polar surface area (TPSA) is 123 Å². The largest absolute Gasteiger partial charge is 0.377 e. The summed E-state index contributed by atoms with van der Waals surface area (Å²) in [4.78, 5) is 61.2. The summed E-state index contributed by atoms with van der Waals surface area (Å²) in [6.45, 7) is 23.5. The molecule has 6 rings (SSSR count). The van der Waals surface area contributed by atoms with Gasteiger partial charge in [-0.25, -0.2) is 0 Å². The maximum Gasteiger partial charge on any atom is 0.248 e. The van der Waals surface area contributed by atoms with Crippen LogP contribution in [0.1, 0.15) is 125 Å². The van der Waals surface area contributed by atoms with E-state index in [0.717, 1.165) is 76.6 Å². The van der Waals surface area contributed by atoms with E-state index in [0.29, 0.717) is 30.9 Å². The second-order valence-corrected chi connectivity index (χ2v) is 19.2. The molecule has 0 bridgehead atoms. The molecule has 0 unspecified atom stereocenters. The van der Waals surface area contributed by atoms with E-state index in [-0.39, 0.29) is 51.8 Å². The molecule has 0 aromatic carbocycles. The molecule has 0 aromatic rings. The first-order valence-corrected chi connectivity index (χ1v) is 20.5. The Kier molecular flexibility index (Phi) is 10.8. The van der Waals surface area contributed by atoms with Crippen LogP contribution in [-0.4, -0.2) is 90.3 Å². The molecule has 2 heterocycles. The third-order valence-electron chi connectivity index (χ3n) is 14.6. The van der Waals surface area contributed by atoms with Gasteiger partial charge in [-0.1, -0.05) is 86.8 Å². The number of hydrogen-bond donors (Lipinski definition) is 4. The van der Waals surface area contributed by atoms with Gasteiger partial charge in [0.1, 0.15) is 18.1 Å². The van der Waals surface area contributed by atoms with Crippen LogP contribution in [-0.2, 0) is 19.2 Å². The van der Waals surface area contributed by atoms with E-state index in [2.05, 4.69) is 60.2 Å². The fraction of sp³-hybridized carbons (Fsp3) is 0.810. The highest BCUT2D eigenvalue weighted by Crippen LogP contribution is 2.88. The van der Waals surface area contributed by atoms with Crippen molar-refractivity contribution in [2.75, 3.05) is 26.7 Å². The van der Waals surface area contributed by atoms with Gasteiger partial charge in [-0.15, -0.1) is 0 Å². The lowest BCUT2D eigenvalue weighted by Crippen LogP contribution is -2.61. The fourth-order valence-corrected chi connectivity index (χ4v) is 10.8. The number of hydrogen-bond acceptors (Lipinski definition) is 6. The zero-order valence-corrected chi connectivity index (χ0v) is 33.3. The minimum Gasteiger partial charge on any atom is -0.377 e. The molecule has 5 atom stereocenters. The predicted octanol–water partition coefficient (Wildman–Crippen LogP) is 5.05. The molecular weight excluding hydrogens is 652 g/mol. The molecule has 0 aromatic heterocycles. The van der Waals surface area contributed by atoms with Crippen LogP contribution < -0.4 is 21.3 Å². The first kappa shape index (κ1) is 38.8. The van der Waals surface area contributed by atoms with Gasteiger partial charge in [-0.05, 0) is 80.6 Å². The zero-order chi connectivity index (χ0) is 37.8. The van der Waals surface area contributed by atoms with Gasteiger partial charge >= 0.3 is 0 Å². The number of likely N-dealkylation sites (tertiary alicyclic amines) is 2. The highest BCUT2D eigenvalue weighted by atomic mass is 16.2. The van der Waals surface area contributed by atoms with Crippen LogP contribution in [0.5, 0.6) is 0 Å². The van der Waals surface area contributed by atoms with Gasteiger partial charge < -0.3 is 31.1 Å². The second-order valence-electron chi connectivity index (χ2n) is 19.2. The van der Waals surface area contributed by atoms with Crippen LogP contribution in [0.2, 0.25) is 0 Å². The number of amides is 4. The molecule has 52 heavy (non-hydrogen) atoms. The molecule has 2 saturated heterocycles. The van der Waals surface area contributed by atoms with Crippen LogP contribution in [0.3, 0.4) is 0 Å². The maximum absolute atomic E-state index is 15.1. The van der Waals surface area contributed by atoms with E-state index >= 15 is 4.79 Å². The average Bonchev–Trinajstić information content (AvgIpc) is 3.88. The lowest BCUT2D eigenvalue weighted by atomic mass is 9.73. The quantitative estimate of drug-likeness (QED) is 0.187. The summed E-state index contributed by atoms with van der Waals surface area (Å²) >= 11 is 0. The Morgan fingerprint density at radius 1 is 0.885 bits per heavy atom. The average molecular weight is 721 g/mol. The van der Waals surface area contributed by atoms with E-state index in [1.807, 2.05) is 32.6 Å². The number of nitrogens with one attached hydrogen (secondary N) is 4. The Labute approximate surface area is 313 Å². The normalized spacial score (nSPS) is 28.6. The van der Waals surface area contributed by atoms with Gasteiger partial charge in [-0.2, -0.15) is 0 Å². The van der Waals surface area contributed by atoms with Crippen LogP contribution >= 0.6 is 0 Å². The van der Waals surface area contributed by atoms with Crippen LogP contribution in [0.25, 0.3) is 0 Å². The van der Waals surface area contributed by atoms with Crippen LogP contribution in [0, 0.1) is 33.5 Å². The molecule has 6 aliphatic rings. The first-order chi connectivity index (χ1) is 24.5. The van der Waals surface area contributed by atoms with Crippen molar-refractivity contribution in [3.05, 3.63) is 24.4 Å². The lowest BCUT2D eigenvalue weighted by Gasteiger charge is -2.41. The molecular formula is C42H68N6O4. The van der Waals surface area contributed by atoms with Crippen molar-refractivity contribution in [1.82, 2.24) is 31.1 Å².